The molecule has 1 aromatic carbocycles. The average Bonchev–Trinajstić information content (AvgIpc) is 3.56. The Morgan fingerprint density at radius 3 is 2.61 bits per heavy atom. The van der Waals surface area contributed by atoms with E-state index in [2.05, 4.69) is 26.7 Å². The molecule has 5 rings (SSSR count). The Balaban J connectivity index is 1.27. The lowest BCUT2D eigenvalue weighted by molar-refractivity contribution is -0.126. The van der Waals surface area contributed by atoms with Gasteiger partial charge in [0.1, 0.15) is 11.4 Å². The summed E-state index contributed by atoms with van der Waals surface area (Å²) in [4.78, 5) is 58.2. The summed E-state index contributed by atoms with van der Waals surface area (Å²) in [7, 11) is -1.49. The van der Waals surface area contributed by atoms with Gasteiger partial charge in [-0.05, 0) is 50.0 Å². The molecule has 16 heteroatoms. The summed E-state index contributed by atoms with van der Waals surface area (Å²) >= 11 is 0. The second-order valence-electron chi connectivity index (χ2n) is 11.9. The van der Waals surface area contributed by atoms with E-state index in [-0.39, 0.29) is 37.1 Å². The number of alkyl halides is 1. The number of methoxy groups -OCH3 is 1. The summed E-state index contributed by atoms with van der Waals surface area (Å²) in [6.45, 7) is 5.05. The minimum atomic E-state index is -4.49. The van der Waals surface area contributed by atoms with E-state index in [4.69, 9.17) is 19.5 Å². The number of benzene rings is 1. The van der Waals surface area contributed by atoms with Gasteiger partial charge in [0.25, 0.3) is 11.8 Å². The molecule has 2 aromatic rings. The van der Waals surface area contributed by atoms with Crippen LogP contribution in [0.2, 0.25) is 0 Å². The third kappa shape index (κ3) is 7.67. The molecule has 1 atom stereocenters. The zero-order chi connectivity index (χ0) is 33.1. The van der Waals surface area contributed by atoms with Crippen molar-refractivity contribution in [3.8, 4) is 5.75 Å². The maximum Gasteiger partial charge on any atom is 0.469 e. The van der Waals surface area contributed by atoms with Crippen LogP contribution in [0.15, 0.2) is 37.1 Å². The standard InChI is InChI=1S/C30H41FN7O7P/c1-4-30(31)19-38(22-7-5-6-8-22)26-24(36(2)28(30)40)18-32-29(35-26)34-23-10-9-20(17-25(23)44-3)27(39)33-21-11-13-37(14-12-21)15-16-45-46(41,42)43/h4,9-10,17-18,21-22H,1,5-8,11-16,19H2,2-3H3,(H,33,39)(H,32,34,35)(H2,41,42,43)/t30-/m1/s1. The number of hydrogen-bond donors (Lipinski definition) is 4. The number of nitrogens with one attached hydrogen (secondary N) is 2. The molecule has 0 spiro atoms. The van der Waals surface area contributed by atoms with Crippen molar-refractivity contribution in [3.63, 3.8) is 0 Å². The Hall–Kier alpha value is -3.62. The number of hydrogen-bond acceptors (Lipinski definition) is 10. The monoisotopic (exact) mass is 661 g/mol. The molecule has 1 saturated carbocycles. The van der Waals surface area contributed by atoms with E-state index >= 15 is 4.39 Å². The van der Waals surface area contributed by atoms with Crippen LogP contribution in [0.25, 0.3) is 0 Å². The molecule has 3 heterocycles. The molecule has 3 aliphatic rings. The van der Waals surface area contributed by atoms with Gasteiger partial charge >= 0.3 is 7.82 Å². The summed E-state index contributed by atoms with van der Waals surface area (Å²) in [5, 5.41) is 6.21. The SMILES string of the molecule is C=C[C@@]1(F)CN(C2CCCC2)c2nc(Nc3ccc(C(=O)NC4CCN(CCOP(=O)(O)O)CC4)cc3OC)ncc2N(C)C1=O. The number of phosphoric acid groups is 1. The van der Waals surface area contributed by atoms with Crippen LogP contribution in [0.3, 0.4) is 0 Å². The lowest BCUT2D eigenvalue weighted by Gasteiger charge is -2.32. The van der Waals surface area contributed by atoms with Crippen LogP contribution in [-0.2, 0) is 13.9 Å². The van der Waals surface area contributed by atoms with Gasteiger partial charge < -0.3 is 39.9 Å². The van der Waals surface area contributed by atoms with Gasteiger partial charge in [0, 0.05) is 44.3 Å². The number of halogens is 1. The molecule has 0 unspecified atom stereocenters. The van der Waals surface area contributed by atoms with Crippen molar-refractivity contribution in [1.29, 1.82) is 0 Å². The van der Waals surface area contributed by atoms with Gasteiger partial charge in [-0.2, -0.15) is 4.98 Å². The van der Waals surface area contributed by atoms with E-state index in [0.29, 0.717) is 61.0 Å². The average molecular weight is 662 g/mol. The minimum absolute atomic E-state index is 0.0253. The molecule has 46 heavy (non-hydrogen) atoms. The number of piperidine rings is 1. The molecule has 0 bridgehead atoms. The molecule has 14 nitrogen and oxygen atoms in total. The van der Waals surface area contributed by atoms with Crippen LogP contribution in [0.4, 0.5) is 27.5 Å². The smallest absolute Gasteiger partial charge is 0.469 e. The number of amides is 2. The van der Waals surface area contributed by atoms with Crippen LogP contribution < -0.4 is 25.2 Å². The molecule has 1 saturated heterocycles. The Morgan fingerprint density at radius 1 is 1.24 bits per heavy atom. The fourth-order valence-electron chi connectivity index (χ4n) is 6.24. The largest absolute Gasteiger partial charge is 0.495 e. The van der Waals surface area contributed by atoms with Crippen LogP contribution in [0.1, 0.15) is 48.9 Å². The van der Waals surface area contributed by atoms with E-state index < -0.39 is 19.4 Å². The van der Waals surface area contributed by atoms with Gasteiger partial charge in [-0.1, -0.05) is 19.4 Å². The zero-order valence-corrected chi connectivity index (χ0v) is 26.9. The van der Waals surface area contributed by atoms with E-state index in [1.54, 1.807) is 18.2 Å². The Bertz CT molecular complexity index is 1500. The Labute approximate surface area is 267 Å². The number of aromatic nitrogens is 2. The predicted molar refractivity (Wildman–Crippen MR) is 170 cm³/mol. The lowest BCUT2D eigenvalue weighted by Crippen LogP contribution is -2.49. The highest BCUT2D eigenvalue weighted by atomic mass is 31.2. The molecule has 2 aliphatic heterocycles. The van der Waals surface area contributed by atoms with Gasteiger partial charge in [0.05, 0.1) is 32.1 Å². The quantitative estimate of drug-likeness (QED) is 0.205. The van der Waals surface area contributed by atoms with Crippen LogP contribution in [-0.4, -0.2) is 101 Å². The number of anilines is 4. The number of nitrogens with zero attached hydrogens (tertiary/aromatic N) is 5. The van der Waals surface area contributed by atoms with E-state index in [9.17, 15) is 14.2 Å². The van der Waals surface area contributed by atoms with Crippen LogP contribution >= 0.6 is 7.82 Å². The fourth-order valence-corrected chi connectivity index (χ4v) is 6.56. The van der Waals surface area contributed by atoms with Gasteiger partial charge in [-0.3, -0.25) is 14.1 Å². The third-order valence-corrected chi connectivity index (χ3v) is 9.35. The number of likely N-dealkylation sites (tertiary alicyclic amines) is 1. The van der Waals surface area contributed by atoms with Gasteiger partial charge in [0.15, 0.2) is 5.82 Å². The van der Waals surface area contributed by atoms with Gasteiger partial charge in [-0.25, -0.2) is 13.9 Å². The molecular formula is C30H41FN7O7P. The number of phosphoric ester groups is 1. The molecule has 2 amide bonds. The number of ether oxygens (including phenoxy) is 1. The molecule has 4 N–H and O–H groups in total. The topological polar surface area (TPSA) is 170 Å². The van der Waals surface area contributed by atoms with E-state index in [1.165, 1.54) is 25.3 Å². The second kappa shape index (κ2) is 14.0. The van der Waals surface area contributed by atoms with Crippen molar-refractivity contribution in [2.24, 2.45) is 0 Å². The highest BCUT2D eigenvalue weighted by Gasteiger charge is 2.46. The third-order valence-electron chi connectivity index (χ3n) is 8.83. The van der Waals surface area contributed by atoms with Crippen molar-refractivity contribution in [2.45, 2.75) is 56.3 Å². The van der Waals surface area contributed by atoms with Crippen molar-refractivity contribution in [1.82, 2.24) is 20.2 Å². The van der Waals surface area contributed by atoms with Crippen molar-refractivity contribution >= 4 is 42.8 Å². The van der Waals surface area contributed by atoms with Crippen molar-refractivity contribution in [3.05, 3.63) is 42.6 Å². The number of carbonyl (C=O) groups excluding carboxylic acids is 2. The first kappa shape index (κ1) is 33.7. The molecular weight excluding hydrogens is 620 g/mol. The molecule has 1 aliphatic carbocycles. The highest BCUT2D eigenvalue weighted by molar-refractivity contribution is 7.46. The van der Waals surface area contributed by atoms with Gasteiger partial charge in [-0.15, -0.1) is 0 Å². The Morgan fingerprint density at radius 2 is 1.96 bits per heavy atom. The summed E-state index contributed by atoms with van der Waals surface area (Å²) < 4.78 is 36.9. The van der Waals surface area contributed by atoms with Crippen LogP contribution in [0.5, 0.6) is 5.75 Å². The summed E-state index contributed by atoms with van der Waals surface area (Å²) in [5.74, 6) is 0.0899. The summed E-state index contributed by atoms with van der Waals surface area (Å²) in [6, 6.07) is 4.95. The number of carbonyl (C=O) groups is 2. The first-order chi connectivity index (χ1) is 21.9. The lowest BCUT2D eigenvalue weighted by atomic mass is 10.0. The summed E-state index contributed by atoms with van der Waals surface area (Å²) in [6.07, 6.45) is 7.68. The van der Waals surface area contributed by atoms with E-state index in [1.807, 2.05) is 9.80 Å². The molecule has 0 radical (unpaired) electrons. The van der Waals surface area contributed by atoms with Crippen molar-refractivity contribution in [2.75, 3.05) is 62.1 Å². The Kier molecular flexibility index (Phi) is 10.3. The molecule has 2 fully saturated rings. The van der Waals surface area contributed by atoms with E-state index in [0.717, 1.165) is 31.8 Å². The summed E-state index contributed by atoms with van der Waals surface area (Å²) in [5.41, 5.74) is -0.950. The number of rotatable bonds is 11. The molecule has 1 aromatic heterocycles. The first-order valence-corrected chi connectivity index (χ1v) is 16.9. The maximum atomic E-state index is 15.9. The predicted octanol–water partition coefficient (Wildman–Crippen LogP) is 3.15. The van der Waals surface area contributed by atoms with Crippen molar-refractivity contribution < 1.29 is 37.6 Å². The zero-order valence-electron chi connectivity index (χ0n) is 26.0. The first-order valence-electron chi connectivity index (χ1n) is 15.3. The fraction of sp³-hybridized carbons (Fsp3) is 0.533. The van der Waals surface area contributed by atoms with Crippen LogP contribution in [0, 0.1) is 0 Å². The second-order valence-corrected chi connectivity index (χ2v) is 13.1. The maximum absolute atomic E-state index is 15.9. The molecule has 250 valence electrons. The number of fused-ring (bicyclic) bond motifs is 1. The normalized spacial score (nSPS) is 21.5. The van der Waals surface area contributed by atoms with Gasteiger partial charge in [0.2, 0.25) is 11.6 Å². The highest BCUT2D eigenvalue weighted by Crippen LogP contribution is 2.40. The minimum Gasteiger partial charge on any atom is -0.495 e.